The third-order valence-corrected chi connectivity index (χ3v) is 8.70. The van der Waals surface area contributed by atoms with Gasteiger partial charge in [0.25, 0.3) is 0 Å². The molecule has 4 atom stereocenters. The van der Waals surface area contributed by atoms with Crippen LogP contribution in [-0.2, 0) is 14.8 Å². The molecule has 0 radical (unpaired) electrons. The minimum Gasteiger partial charge on any atom is -0.273 e. The zero-order valence-electron chi connectivity index (χ0n) is 14.3. The summed E-state index contributed by atoms with van der Waals surface area (Å²) >= 11 is 0. The van der Waals surface area contributed by atoms with E-state index in [-0.39, 0.29) is 28.5 Å². The summed E-state index contributed by atoms with van der Waals surface area (Å²) < 4.78 is 27.0. The van der Waals surface area contributed by atoms with Gasteiger partial charge in [0, 0.05) is 5.41 Å². The van der Waals surface area contributed by atoms with Crippen molar-refractivity contribution in [2.75, 3.05) is 5.75 Å². The molecule has 2 bridgehead atoms. The fourth-order valence-corrected chi connectivity index (χ4v) is 8.00. The van der Waals surface area contributed by atoms with Crippen molar-refractivity contribution in [1.82, 2.24) is 4.31 Å². The van der Waals surface area contributed by atoms with Crippen LogP contribution in [0.15, 0.2) is 24.8 Å². The van der Waals surface area contributed by atoms with Crippen molar-refractivity contribution in [3.8, 4) is 0 Å². The Morgan fingerprint density at radius 2 is 2.13 bits per heavy atom. The molecule has 3 rings (SSSR count). The Balaban J connectivity index is 2.00. The van der Waals surface area contributed by atoms with E-state index in [1.54, 1.807) is 12.2 Å². The summed E-state index contributed by atoms with van der Waals surface area (Å²) in [4.78, 5) is 13.0. The molecule has 1 amide bonds. The average molecular weight is 337 g/mol. The molecule has 2 aliphatic carbocycles. The van der Waals surface area contributed by atoms with E-state index in [2.05, 4.69) is 20.4 Å². The Bertz CT molecular complexity index is 664. The zero-order valence-corrected chi connectivity index (χ0v) is 15.1. The summed E-state index contributed by atoms with van der Waals surface area (Å²) in [6.45, 7) is 9.94. The second-order valence-corrected chi connectivity index (χ2v) is 9.76. The first-order valence-electron chi connectivity index (χ1n) is 8.51. The third-order valence-electron chi connectivity index (χ3n) is 6.79. The molecule has 0 aromatic carbocycles. The van der Waals surface area contributed by atoms with Gasteiger partial charge in [-0.25, -0.2) is 12.7 Å². The Labute approximate surface area is 139 Å². The van der Waals surface area contributed by atoms with Crippen LogP contribution in [0.5, 0.6) is 0 Å². The highest BCUT2D eigenvalue weighted by molar-refractivity contribution is 7.90. The molecule has 3 aliphatic rings. The highest BCUT2D eigenvalue weighted by Gasteiger charge is 2.72. The van der Waals surface area contributed by atoms with Gasteiger partial charge in [-0.05, 0) is 43.9 Å². The lowest BCUT2D eigenvalue weighted by Crippen LogP contribution is -2.46. The molecule has 0 unspecified atom stereocenters. The third kappa shape index (κ3) is 2.08. The summed E-state index contributed by atoms with van der Waals surface area (Å²) in [5.41, 5.74) is -0.255. The first-order chi connectivity index (χ1) is 10.7. The monoisotopic (exact) mass is 337 g/mol. The van der Waals surface area contributed by atoms with E-state index in [4.69, 9.17) is 0 Å². The Morgan fingerprint density at radius 1 is 1.43 bits per heavy atom. The molecule has 2 saturated carbocycles. The maximum absolute atomic E-state index is 13.0. The topological polar surface area (TPSA) is 54.5 Å². The summed E-state index contributed by atoms with van der Waals surface area (Å²) in [5, 5.41) is 0. The van der Waals surface area contributed by atoms with E-state index in [1.165, 1.54) is 4.31 Å². The van der Waals surface area contributed by atoms with Crippen molar-refractivity contribution >= 4 is 15.9 Å². The number of allylic oxidation sites excluding steroid dienone is 2. The standard InChI is InChI=1S/C18H27NO3S/c1-5-7-13(8-6-2)16(20)19-15-11-14-9-10-18(15,17(14,3)4)12-23(19,21)22/h5-6,8,13-15H,1,7,9-12H2,2-4H3/b8-6+/t13-,14-,15-,18-/m0/s1. The predicted octanol–water partition coefficient (Wildman–Crippen LogP) is 3.12. The average Bonchev–Trinajstić information content (AvgIpc) is 2.93. The summed E-state index contributed by atoms with van der Waals surface area (Å²) in [5.74, 6) is -0.0351. The molecule has 3 fully saturated rings. The first kappa shape index (κ1) is 16.7. The van der Waals surface area contributed by atoms with Gasteiger partial charge in [-0.1, -0.05) is 32.1 Å². The SMILES string of the molecule is C=CC[C@@H](/C=C/C)C(=O)N1[C@H]2C[C@@H]3CC[C@@]2(CS1(=O)=O)C3(C)C. The molecule has 0 N–H and O–H groups in total. The molecule has 128 valence electrons. The van der Waals surface area contributed by atoms with Crippen molar-refractivity contribution in [2.45, 2.75) is 52.5 Å². The van der Waals surface area contributed by atoms with E-state index in [9.17, 15) is 13.2 Å². The largest absolute Gasteiger partial charge is 0.273 e. The fourth-order valence-electron chi connectivity index (χ4n) is 5.42. The fraction of sp³-hybridized carbons (Fsp3) is 0.722. The van der Waals surface area contributed by atoms with Gasteiger partial charge in [0.2, 0.25) is 15.9 Å². The maximum Gasteiger partial charge on any atom is 0.243 e. The highest BCUT2D eigenvalue weighted by Crippen LogP contribution is 2.70. The molecule has 1 saturated heterocycles. The van der Waals surface area contributed by atoms with Crippen molar-refractivity contribution in [3.63, 3.8) is 0 Å². The number of rotatable bonds is 4. The Hall–Kier alpha value is -1.10. The van der Waals surface area contributed by atoms with Gasteiger partial charge < -0.3 is 0 Å². The lowest BCUT2D eigenvalue weighted by molar-refractivity contribution is -0.131. The second-order valence-electron chi connectivity index (χ2n) is 7.91. The van der Waals surface area contributed by atoms with Crippen LogP contribution in [0.25, 0.3) is 0 Å². The molecule has 4 nitrogen and oxygen atoms in total. The molecule has 1 heterocycles. The second kappa shape index (κ2) is 5.20. The van der Waals surface area contributed by atoms with Crippen LogP contribution in [0, 0.1) is 22.7 Å². The number of nitrogens with zero attached hydrogens (tertiary/aromatic N) is 1. The Morgan fingerprint density at radius 3 is 2.70 bits per heavy atom. The minimum atomic E-state index is -3.53. The lowest BCUT2D eigenvalue weighted by atomic mass is 9.69. The molecule has 1 aliphatic heterocycles. The van der Waals surface area contributed by atoms with Crippen LogP contribution in [0.2, 0.25) is 0 Å². The van der Waals surface area contributed by atoms with Crippen molar-refractivity contribution in [3.05, 3.63) is 24.8 Å². The number of sulfonamides is 1. The van der Waals surface area contributed by atoms with Crippen LogP contribution in [0.4, 0.5) is 0 Å². The van der Waals surface area contributed by atoms with Gasteiger partial charge >= 0.3 is 0 Å². The number of carbonyl (C=O) groups is 1. The summed E-state index contributed by atoms with van der Waals surface area (Å²) in [6, 6.07) is -0.147. The van der Waals surface area contributed by atoms with E-state index in [0.717, 1.165) is 19.3 Å². The lowest BCUT2D eigenvalue weighted by Gasteiger charge is -2.37. The molecule has 0 aromatic rings. The van der Waals surface area contributed by atoms with Gasteiger partial charge in [0.15, 0.2) is 0 Å². The number of fused-ring (bicyclic) bond motifs is 1. The maximum atomic E-state index is 13.0. The normalized spacial score (nSPS) is 38.0. The van der Waals surface area contributed by atoms with Gasteiger partial charge in [-0.3, -0.25) is 4.79 Å². The smallest absolute Gasteiger partial charge is 0.243 e. The van der Waals surface area contributed by atoms with Crippen molar-refractivity contribution in [1.29, 1.82) is 0 Å². The van der Waals surface area contributed by atoms with E-state index < -0.39 is 15.9 Å². The van der Waals surface area contributed by atoms with Crippen molar-refractivity contribution < 1.29 is 13.2 Å². The molecular weight excluding hydrogens is 310 g/mol. The Kier molecular flexibility index (Phi) is 3.79. The van der Waals surface area contributed by atoms with Crippen LogP contribution in [0.3, 0.4) is 0 Å². The van der Waals surface area contributed by atoms with Gasteiger partial charge in [-0.15, -0.1) is 6.58 Å². The number of hydrogen-bond donors (Lipinski definition) is 0. The van der Waals surface area contributed by atoms with Crippen LogP contribution < -0.4 is 0 Å². The number of carbonyl (C=O) groups excluding carboxylic acids is 1. The minimum absolute atomic E-state index is 0.00566. The predicted molar refractivity (Wildman–Crippen MR) is 91.1 cm³/mol. The zero-order chi connectivity index (χ0) is 17.0. The number of hydrogen-bond acceptors (Lipinski definition) is 3. The number of amides is 1. The van der Waals surface area contributed by atoms with E-state index in [0.29, 0.717) is 12.3 Å². The summed E-state index contributed by atoms with van der Waals surface area (Å²) in [7, 11) is -3.53. The highest BCUT2D eigenvalue weighted by atomic mass is 32.2. The molecule has 23 heavy (non-hydrogen) atoms. The van der Waals surface area contributed by atoms with Gasteiger partial charge in [0.05, 0.1) is 17.7 Å². The van der Waals surface area contributed by atoms with Crippen LogP contribution in [-0.4, -0.2) is 30.4 Å². The van der Waals surface area contributed by atoms with Crippen LogP contribution in [0.1, 0.15) is 46.5 Å². The van der Waals surface area contributed by atoms with Gasteiger partial charge in [-0.2, -0.15) is 0 Å². The quantitative estimate of drug-likeness (QED) is 0.741. The molecule has 1 spiro atoms. The first-order valence-corrected chi connectivity index (χ1v) is 10.1. The molecule has 0 aromatic heterocycles. The summed E-state index contributed by atoms with van der Waals surface area (Å²) in [6.07, 6.45) is 8.61. The molecular formula is C18H27NO3S. The van der Waals surface area contributed by atoms with E-state index in [1.807, 2.05) is 13.0 Å². The van der Waals surface area contributed by atoms with Crippen LogP contribution >= 0.6 is 0 Å². The molecule has 5 heteroatoms. The van der Waals surface area contributed by atoms with Crippen molar-refractivity contribution in [2.24, 2.45) is 22.7 Å². The van der Waals surface area contributed by atoms with E-state index >= 15 is 0 Å². The van der Waals surface area contributed by atoms with Gasteiger partial charge in [0.1, 0.15) is 0 Å².